The fraction of sp³-hybridized carbons (Fsp3) is 0.682. The van der Waals surface area contributed by atoms with E-state index in [9.17, 15) is 4.39 Å². The van der Waals surface area contributed by atoms with E-state index in [4.69, 9.17) is 21.1 Å². The van der Waals surface area contributed by atoms with E-state index in [1.807, 2.05) is 0 Å². The maximum Gasteiger partial charge on any atom is 0.193 e. The number of ether oxygens (including phenoxy) is 2. The smallest absolute Gasteiger partial charge is 0.193 e. The van der Waals surface area contributed by atoms with Crippen LogP contribution in [-0.2, 0) is 14.9 Å². The van der Waals surface area contributed by atoms with Crippen molar-refractivity contribution < 1.29 is 13.9 Å². The third-order valence-electron chi connectivity index (χ3n) is 5.84. The molecule has 3 rings (SSSR count). The van der Waals surface area contributed by atoms with Crippen molar-refractivity contribution in [3.8, 4) is 0 Å². The van der Waals surface area contributed by atoms with Crippen LogP contribution in [0.5, 0.6) is 0 Å². The van der Waals surface area contributed by atoms with Crippen molar-refractivity contribution in [2.45, 2.75) is 57.2 Å². The van der Waals surface area contributed by atoms with Crippen LogP contribution in [-0.4, -0.2) is 63.0 Å². The summed E-state index contributed by atoms with van der Waals surface area (Å²) in [5.74, 6) is 0.566. The lowest BCUT2D eigenvalue weighted by atomic mass is 9.84. The Balaban J connectivity index is 1.47. The predicted octanol–water partition coefficient (Wildman–Crippen LogP) is 3.99. The van der Waals surface area contributed by atoms with E-state index in [1.165, 1.54) is 12.1 Å². The van der Waals surface area contributed by atoms with Crippen molar-refractivity contribution in [3.05, 3.63) is 34.6 Å². The topological polar surface area (TPSA) is 46.1 Å². The Morgan fingerprint density at radius 1 is 1.34 bits per heavy atom. The SMILES string of the molecule is CN=C(NCC(C)(C)c1ccc(F)cc1Cl)N1CCC(OCC2CCCO2)CC1. The maximum absolute atomic E-state index is 13.4. The number of aliphatic imine (C=N–C) groups is 1. The van der Waals surface area contributed by atoms with Crippen LogP contribution in [0.3, 0.4) is 0 Å². The average Bonchev–Trinajstić information content (AvgIpc) is 3.21. The summed E-state index contributed by atoms with van der Waals surface area (Å²) in [4.78, 5) is 6.73. The highest BCUT2D eigenvalue weighted by atomic mass is 35.5. The minimum Gasteiger partial charge on any atom is -0.376 e. The number of nitrogens with zero attached hydrogens (tertiary/aromatic N) is 2. The second-order valence-corrected chi connectivity index (χ2v) is 8.97. The molecule has 1 aromatic rings. The first kappa shape index (κ1) is 22.3. The molecule has 2 aliphatic heterocycles. The summed E-state index contributed by atoms with van der Waals surface area (Å²) in [6.45, 7) is 8.25. The van der Waals surface area contributed by atoms with Gasteiger partial charge in [-0.2, -0.15) is 0 Å². The molecule has 2 saturated heterocycles. The van der Waals surface area contributed by atoms with Crippen molar-refractivity contribution in [2.24, 2.45) is 4.99 Å². The van der Waals surface area contributed by atoms with Crippen LogP contribution in [0, 0.1) is 5.82 Å². The van der Waals surface area contributed by atoms with Gasteiger partial charge in [0.2, 0.25) is 0 Å². The van der Waals surface area contributed by atoms with Gasteiger partial charge in [-0.3, -0.25) is 4.99 Å². The normalized spacial score (nSPS) is 21.6. The highest BCUT2D eigenvalue weighted by Gasteiger charge is 2.27. The Morgan fingerprint density at radius 2 is 2.10 bits per heavy atom. The molecule has 0 spiro atoms. The number of benzene rings is 1. The van der Waals surface area contributed by atoms with Gasteiger partial charge in [-0.1, -0.05) is 31.5 Å². The lowest BCUT2D eigenvalue weighted by molar-refractivity contribution is -0.0367. The zero-order valence-corrected chi connectivity index (χ0v) is 18.5. The van der Waals surface area contributed by atoms with Crippen molar-refractivity contribution in [1.29, 1.82) is 0 Å². The molecule has 2 fully saturated rings. The number of hydrogen-bond acceptors (Lipinski definition) is 3. The number of halogens is 2. The molecular formula is C22H33ClFN3O2. The molecule has 1 atom stereocenters. The highest BCUT2D eigenvalue weighted by molar-refractivity contribution is 6.31. The quantitative estimate of drug-likeness (QED) is 0.553. The minimum absolute atomic E-state index is 0.260. The Bertz CT molecular complexity index is 699. The van der Waals surface area contributed by atoms with Gasteiger partial charge in [0.25, 0.3) is 0 Å². The number of hydrogen-bond donors (Lipinski definition) is 1. The number of nitrogens with one attached hydrogen (secondary N) is 1. The lowest BCUT2D eigenvalue weighted by Crippen LogP contribution is -2.49. The van der Waals surface area contributed by atoms with Crippen LogP contribution in [0.25, 0.3) is 0 Å². The fourth-order valence-electron chi connectivity index (χ4n) is 4.02. The number of guanidine groups is 1. The second-order valence-electron chi connectivity index (χ2n) is 8.56. The van der Waals surface area contributed by atoms with E-state index in [1.54, 1.807) is 13.1 Å². The second kappa shape index (κ2) is 10.1. The average molecular weight is 426 g/mol. The van der Waals surface area contributed by atoms with Gasteiger partial charge in [-0.05, 0) is 43.4 Å². The molecule has 29 heavy (non-hydrogen) atoms. The van der Waals surface area contributed by atoms with Gasteiger partial charge in [-0.15, -0.1) is 0 Å². The van der Waals surface area contributed by atoms with Gasteiger partial charge in [-0.25, -0.2) is 4.39 Å². The highest BCUT2D eigenvalue weighted by Crippen LogP contribution is 2.30. The molecular weight excluding hydrogens is 393 g/mol. The van der Waals surface area contributed by atoms with Crippen molar-refractivity contribution >= 4 is 17.6 Å². The maximum atomic E-state index is 13.4. The summed E-state index contributed by atoms with van der Waals surface area (Å²) < 4.78 is 25.1. The molecule has 0 aliphatic carbocycles. The first-order valence-electron chi connectivity index (χ1n) is 10.5. The van der Waals surface area contributed by atoms with Gasteiger partial charge >= 0.3 is 0 Å². The summed E-state index contributed by atoms with van der Waals surface area (Å²) in [6.07, 6.45) is 4.81. The Hall–Kier alpha value is -1.37. The molecule has 5 nitrogen and oxygen atoms in total. The van der Waals surface area contributed by atoms with Gasteiger partial charge in [0.15, 0.2) is 5.96 Å². The number of piperidine rings is 1. The van der Waals surface area contributed by atoms with Crippen molar-refractivity contribution in [1.82, 2.24) is 10.2 Å². The molecule has 1 aromatic carbocycles. The zero-order chi connectivity index (χ0) is 20.9. The van der Waals surface area contributed by atoms with Crippen LogP contribution < -0.4 is 5.32 Å². The molecule has 1 N–H and O–H groups in total. The summed E-state index contributed by atoms with van der Waals surface area (Å²) in [7, 11) is 1.81. The van der Waals surface area contributed by atoms with Crippen molar-refractivity contribution in [2.75, 3.05) is 39.9 Å². The summed E-state index contributed by atoms with van der Waals surface area (Å²) in [5.41, 5.74) is 0.661. The summed E-state index contributed by atoms with van der Waals surface area (Å²) in [5, 5.41) is 3.93. The van der Waals surface area contributed by atoms with Crippen molar-refractivity contribution in [3.63, 3.8) is 0 Å². The Labute approximate surface area is 178 Å². The molecule has 7 heteroatoms. The fourth-order valence-corrected chi connectivity index (χ4v) is 4.44. The van der Waals surface area contributed by atoms with Crippen LogP contribution in [0.4, 0.5) is 4.39 Å². The van der Waals surface area contributed by atoms with E-state index in [-0.39, 0.29) is 17.3 Å². The molecule has 1 unspecified atom stereocenters. The molecule has 0 radical (unpaired) electrons. The first-order valence-corrected chi connectivity index (χ1v) is 10.9. The molecule has 2 heterocycles. The lowest BCUT2D eigenvalue weighted by Gasteiger charge is -2.36. The van der Waals surface area contributed by atoms with Crippen LogP contribution in [0.1, 0.15) is 45.1 Å². The van der Waals surface area contributed by atoms with Gasteiger partial charge in [0.05, 0.1) is 18.8 Å². The molecule has 0 bridgehead atoms. The van der Waals surface area contributed by atoms with Crippen LogP contribution >= 0.6 is 11.6 Å². The van der Waals surface area contributed by atoms with E-state index < -0.39 is 0 Å². The largest absolute Gasteiger partial charge is 0.376 e. The Kier molecular flexibility index (Phi) is 7.77. The van der Waals surface area contributed by atoms with E-state index in [2.05, 4.69) is 29.1 Å². The Morgan fingerprint density at radius 3 is 2.72 bits per heavy atom. The number of rotatable bonds is 6. The first-order chi connectivity index (χ1) is 13.9. The summed E-state index contributed by atoms with van der Waals surface area (Å²) in [6, 6.07) is 4.59. The van der Waals surface area contributed by atoms with Gasteiger partial charge < -0.3 is 19.7 Å². The van der Waals surface area contributed by atoms with Gasteiger partial charge in [0.1, 0.15) is 5.82 Å². The monoisotopic (exact) mass is 425 g/mol. The zero-order valence-electron chi connectivity index (χ0n) is 17.7. The molecule has 0 saturated carbocycles. The third-order valence-corrected chi connectivity index (χ3v) is 6.16. The molecule has 162 valence electrons. The molecule has 0 amide bonds. The minimum atomic E-state index is -0.317. The van der Waals surface area contributed by atoms with Crippen LogP contribution in [0.15, 0.2) is 23.2 Å². The van der Waals surface area contributed by atoms with E-state index in [0.717, 1.165) is 56.9 Å². The summed E-state index contributed by atoms with van der Waals surface area (Å²) >= 11 is 6.27. The van der Waals surface area contributed by atoms with E-state index in [0.29, 0.717) is 24.3 Å². The van der Waals surface area contributed by atoms with E-state index >= 15 is 0 Å². The number of likely N-dealkylation sites (tertiary alicyclic amines) is 1. The predicted molar refractivity (Wildman–Crippen MR) is 115 cm³/mol. The third kappa shape index (κ3) is 6.06. The molecule has 0 aromatic heterocycles. The molecule has 2 aliphatic rings. The van der Waals surface area contributed by atoms with Crippen LogP contribution in [0.2, 0.25) is 5.02 Å². The van der Waals surface area contributed by atoms with Gasteiger partial charge in [0, 0.05) is 43.7 Å². The standard InChI is InChI=1S/C22H33ClFN3O2/c1-22(2,19-7-6-16(24)13-20(19)23)15-26-21(25-3)27-10-8-17(9-11-27)29-14-18-5-4-12-28-18/h6-7,13,17-18H,4-5,8-12,14-15H2,1-3H3,(H,25,26).